The summed E-state index contributed by atoms with van der Waals surface area (Å²) in [6, 6.07) is 21.9. The molecule has 0 unspecified atom stereocenters. The molecule has 0 atom stereocenters. The first-order chi connectivity index (χ1) is 16.9. The molecule has 0 radical (unpaired) electrons. The number of fused-ring (bicyclic) bond motifs is 3. The van der Waals surface area contributed by atoms with Crippen molar-refractivity contribution in [2.75, 3.05) is 18.4 Å². The first-order valence-electron chi connectivity index (χ1n) is 12.2. The van der Waals surface area contributed by atoms with Gasteiger partial charge >= 0.3 is 0 Å². The lowest BCUT2D eigenvalue weighted by molar-refractivity contribution is -0.120. The van der Waals surface area contributed by atoms with Crippen molar-refractivity contribution < 1.29 is 13.2 Å². The number of hydrogen-bond acceptors (Lipinski definition) is 3. The van der Waals surface area contributed by atoms with Crippen molar-refractivity contribution in [3.05, 3.63) is 77.9 Å². The first-order valence-corrected chi connectivity index (χ1v) is 13.8. The average Bonchev–Trinajstić information content (AvgIpc) is 3.18. The summed E-state index contributed by atoms with van der Waals surface area (Å²) in [7, 11) is -3.41. The number of para-hydroxylation sites is 1. The number of anilines is 1. The average molecular weight is 490 g/mol. The molecule has 1 aromatic heterocycles. The summed E-state index contributed by atoms with van der Waals surface area (Å²) in [5.41, 5.74) is 4.92. The molecule has 0 saturated carbocycles. The maximum atomic E-state index is 13.0. The highest BCUT2D eigenvalue weighted by atomic mass is 32.2. The first kappa shape index (κ1) is 23.6. The van der Waals surface area contributed by atoms with Gasteiger partial charge in [-0.05, 0) is 62.1 Å². The number of amides is 1. The van der Waals surface area contributed by atoms with Gasteiger partial charge in [0.1, 0.15) is 0 Å². The Kier molecular flexibility index (Phi) is 6.38. The predicted molar refractivity (Wildman–Crippen MR) is 142 cm³/mol. The van der Waals surface area contributed by atoms with Crippen molar-refractivity contribution in [3.63, 3.8) is 0 Å². The van der Waals surface area contributed by atoms with Crippen molar-refractivity contribution >= 4 is 43.4 Å². The van der Waals surface area contributed by atoms with Crippen LogP contribution < -0.4 is 5.32 Å². The number of aryl methyl sites for hydroxylation is 2. The van der Waals surface area contributed by atoms with Gasteiger partial charge in [-0.1, -0.05) is 42.5 Å². The molecule has 1 fully saturated rings. The maximum Gasteiger partial charge on any atom is 0.227 e. The summed E-state index contributed by atoms with van der Waals surface area (Å²) in [6.07, 6.45) is 1.05. The number of benzene rings is 3. The van der Waals surface area contributed by atoms with E-state index in [2.05, 4.69) is 35.0 Å². The summed E-state index contributed by atoms with van der Waals surface area (Å²) in [5, 5.41) is 5.38. The minimum atomic E-state index is -3.41. The second-order valence-corrected chi connectivity index (χ2v) is 11.3. The predicted octanol–water partition coefficient (Wildman–Crippen LogP) is 5.30. The van der Waals surface area contributed by atoms with Crippen molar-refractivity contribution in [2.45, 2.75) is 39.0 Å². The molecule has 182 valence electrons. The third kappa shape index (κ3) is 4.58. The second kappa shape index (κ2) is 9.47. The molecular formula is C28H31N3O3S. The number of nitrogens with zero attached hydrogens (tertiary/aromatic N) is 2. The number of rotatable bonds is 6. The van der Waals surface area contributed by atoms with E-state index in [1.807, 2.05) is 55.5 Å². The number of hydrogen-bond donors (Lipinski definition) is 1. The number of piperidine rings is 1. The van der Waals surface area contributed by atoms with Crippen LogP contribution in [-0.2, 0) is 27.1 Å². The van der Waals surface area contributed by atoms with Crippen LogP contribution in [0, 0.1) is 12.8 Å². The number of carbonyl (C=O) groups excluding carboxylic acids is 1. The van der Waals surface area contributed by atoms with Crippen LogP contribution in [0.25, 0.3) is 21.8 Å². The molecule has 1 N–H and O–H groups in total. The Hall–Kier alpha value is -3.16. The van der Waals surface area contributed by atoms with Gasteiger partial charge in [-0.2, -0.15) is 0 Å². The van der Waals surface area contributed by atoms with E-state index in [1.54, 1.807) is 0 Å². The Morgan fingerprint density at radius 1 is 0.943 bits per heavy atom. The van der Waals surface area contributed by atoms with Crippen molar-refractivity contribution in [2.24, 2.45) is 5.92 Å². The third-order valence-corrected chi connectivity index (χ3v) is 9.00. The van der Waals surface area contributed by atoms with E-state index in [0.717, 1.165) is 34.3 Å². The lowest BCUT2D eigenvalue weighted by atomic mass is 9.97. The van der Waals surface area contributed by atoms with Gasteiger partial charge in [-0.3, -0.25) is 4.79 Å². The van der Waals surface area contributed by atoms with E-state index in [4.69, 9.17) is 0 Å². The SMILES string of the molecule is CCn1c2ccccc2c2cc(NC(=O)C3CCN(S(=O)(=O)Cc4ccccc4C)CC3)ccc21. The van der Waals surface area contributed by atoms with Crippen LogP contribution in [0.4, 0.5) is 5.69 Å². The molecule has 1 amide bonds. The molecule has 0 bridgehead atoms. The fourth-order valence-electron chi connectivity index (χ4n) is 5.17. The Morgan fingerprint density at radius 3 is 2.37 bits per heavy atom. The van der Waals surface area contributed by atoms with E-state index in [-0.39, 0.29) is 17.6 Å². The molecule has 6 nitrogen and oxygen atoms in total. The normalized spacial score (nSPS) is 15.6. The molecule has 1 aliphatic rings. The summed E-state index contributed by atoms with van der Waals surface area (Å²) in [5.74, 6) is -0.242. The van der Waals surface area contributed by atoms with Crippen molar-refractivity contribution in [3.8, 4) is 0 Å². The molecule has 0 aliphatic carbocycles. The zero-order chi connectivity index (χ0) is 24.6. The number of sulfonamides is 1. The molecule has 1 saturated heterocycles. The Balaban J connectivity index is 1.26. The van der Waals surface area contributed by atoms with Crippen molar-refractivity contribution in [1.29, 1.82) is 0 Å². The molecule has 7 heteroatoms. The maximum absolute atomic E-state index is 13.0. The zero-order valence-corrected chi connectivity index (χ0v) is 21.0. The molecule has 2 heterocycles. The minimum Gasteiger partial charge on any atom is -0.341 e. The molecule has 0 spiro atoms. The summed E-state index contributed by atoms with van der Waals surface area (Å²) in [4.78, 5) is 13.0. The summed E-state index contributed by atoms with van der Waals surface area (Å²) < 4.78 is 29.7. The third-order valence-electron chi connectivity index (χ3n) is 7.17. The molecule has 35 heavy (non-hydrogen) atoms. The lowest BCUT2D eigenvalue weighted by Gasteiger charge is -2.30. The fraction of sp³-hybridized carbons (Fsp3) is 0.321. The van der Waals surface area contributed by atoms with Gasteiger partial charge in [0, 0.05) is 53.0 Å². The highest BCUT2D eigenvalue weighted by molar-refractivity contribution is 7.88. The van der Waals surface area contributed by atoms with Gasteiger partial charge in [-0.15, -0.1) is 0 Å². The molecule has 4 aromatic rings. The minimum absolute atomic E-state index is 0.00190. The highest BCUT2D eigenvalue weighted by Gasteiger charge is 2.31. The van der Waals surface area contributed by atoms with Crippen LogP contribution in [0.15, 0.2) is 66.7 Å². The monoisotopic (exact) mass is 489 g/mol. The number of aromatic nitrogens is 1. The van der Waals surface area contributed by atoms with Gasteiger partial charge in [0.25, 0.3) is 0 Å². The summed E-state index contributed by atoms with van der Waals surface area (Å²) in [6.45, 7) is 5.68. The van der Waals surface area contributed by atoms with E-state index in [0.29, 0.717) is 25.9 Å². The quantitative estimate of drug-likeness (QED) is 0.399. The van der Waals surface area contributed by atoms with Crippen molar-refractivity contribution in [1.82, 2.24) is 8.87 Å². The van der Waals surface area contributed by atoms with E-state index < -0.39 is 10.0 Å². The fourth-order valence-corrected chi connectivity index (χ4v) is 6.84. The molecular weight excluding hydrogens is 458 g/mol. The van der Waals surface area contributed by atoms with Crippen LogP contribution in [0.2, 0.25) is 0 Å². The number of carbonyl (C=O) groups is 1. The van der Waals surface area contributed by atoms with Gasteiger partial charge in [-0.25, -0.2) is 12.7 Å². The standard InChI is InChI=1S/C28H31N3O3S/c1-3-31-26-11-7-6-10-24(26)25-18-23(12-13-27(25)31)29-28(32)21-14-16-30(17-15-21)35(33,34)19-22-9-5-4-8-20(22)2/h4-13,18,21H,3,14-17,19H2,1-2H3,(H,29,32). The largest absolute Gasteiger partial charge is 0.341 e. The van der Waals surface area contributed by atoms with E-state index in [1.165, 1.54) is 15.2 Å². The van der Waals surface area contributed by atoms with Crippen LogP contribution >= 0.6 is 0 Å². The topological polar surface area (TPSA) is 71.4 Å². The van der Waals surface area contributed by atoms with Gasteiger partial charge in [0.05, 0.1) is 5.75 Å². The van der Waals surface area contributed by atoms with Gasteiger partial charge in [0.15, 0.2) is 0 Å². The van der Waals surface area contributed by atoms with Gasteiger partial charge in [0.2, 0.25) is 15.9 Å². The zero-order valence-electron chi connectivity index (χ0n) is 20.2. The lowest BCUT2D eigenvalue weighted by Crippen LogP contribution is -2.41. The highest BCUT2D eigenvalue weighted by Crippen LogP contribution is 2.31. The summed E-state index contributed by atoms with van der Waals surface area (Å²) >= 11 is 0. The van der Waals surface area contributed by atoms with Gasteiger partial charge < -0.3 is 9.88 Å². The Bertz CT molecular complexity index is 1500. The van der Waals surface area contributed by atoms with Crippen LogP contribution in [0.5, 0.6) is 0 Å². The van der Waals surface area contributed by atoms with E-state index in [9.17, 15) is 13.2 Å². The van der Waals surface area contributed by atoms with Crippen LogP contribution in [-0.4, -0.2) is 36.3 Å². The number of nitrogens with one attached hydrogen (secondary N) is 1. The second-order valence-electron chi connectivity index (χ2n) is 9.34. The van der Waals surface area contributed by atoms with Crippen LogP contribution in [0.1, 0.15) is 30.9 Å². The Labute approximate surface area is 206 Å². The molecule has 1 aliphatic heterocycles. The Morgan fingerprint density at radius 2 is 1.63 bits per heavy atom. The molecule has 5 rings (SSSR count). The van der Waals surface area contributed by atoms with E-state index >= 15 is 0 Å². The smallest absolute Gasteiger partial charge is 0.227 e. The molecule has 3 aromatic carbocycles. The van der Waals surface area contributed by atoms with Crippen LogP contribution in [0.3, 0.4) is 0 Å².